The van der Waals surface area contributed by atoms with Crippen LogP contribution in [-0.2, 0) is 4.79 Å². The second kappa shape index (κ2) is 8.44. The molecule has 1 aromatic rings. The smallest absolute Gasteiger partial charge is 0.296 e. The van der Waals surface area contributed by atoms with E-state index >= 15 is 0 Å². The third-order valence-electron chi connectivity index (χ3n) is 3.55. The lowest BCUT2D eigenvalue weighted by atomic mass is 10.2. The van der Waals surface area contributed by atoms with Crippen molar-refractivity contribution in [2.75, 3.05) is 44.6 Å². The molecule has 0 radical (unpaired) electrons. The van der Waals surface area contributed by atoms with Crippen LogP contribution in [0.3, 0.4) is 0 Å². The molecule has 0 saturated carbocycles. The van der Waals surface area contributed by atoms with Gasteiger partial charge in [0.05, 0.1) is 24.1 Å². The molecule has 1 aliphatic rings. The Bertz CT molecular complexity index is 556. The largest absolute Gasteiger partial charge is 0.494 e. The van der Waals surface area contributed by atoms with Crippen LogP contribution in [0.1, 0.15) is 13.3 Å². The van der Waals surface area contributed by atoms with E-state index in [1.165, 1.54) is 12.1 Å². The van der Waals surface area contributed by atoms with Crippen LogP contribution < -0.4 is 15.4 Å². The lowest BCUT2D eigenvalue weighted by Crippen LogP contribution is -2.35. The van der Waals surface area contributed by atoms with Gasteiger partial charge in [0, 0.05) is 13.1 Å². The number of nitrogens with one attached hydrogen (secondary N) is 2. The van der Waals surface area contributed by atoms with Gasteiger partial charge in [-0.15, -0.1) is 0 Å². The minimum absolute atomic E-state index is 0.165. The van der Waals surface area contributed by atoms with Crippen molar-refractivity contribution in [2.45, 2.75) is 13.3 Å². The first kappa shape index (κ1) is 17.2. The van der Waals surface area contributed by atoms with E-state index in [0.29, 0.717) is 12.4 Å². The highest BCUT2D eigenvalue weighted by molar-refractivity contribution is 5.94. The van der Waals surface area contributed by atoms with Gasteiger partial charge in [0.25, 0.3) is 5.69 Å². The summed E-state index contributed by atoms with van der Waals surface area (Å²) in [4.78, 5) is 24.8. The van der Waals surface area contributed by atoms with Crippen molar-refractivity contribution in [1.82, 2.24) is 10.2 Å². The van der Waals surface area contributed by atoms with Gasteiger partial charge in [-0.1, -0.05) is 0 Å². The summed E-state index contributed by atoms with van der Waals surface area (Å²) >= 11 is 0. The zero-order chi connectivity index (χ0) is 16.7. The first-order valence-corrected chi connectivity index (χ1v) is 7.74. The SMILES string of the molecule is CCOc1ccc(NC(=O)CN2CCCNCC2)c([N+](=O)[O-])c1. The second-order valence-corrected chi connectivity index (χ2v) is 5.30. The minimum Gasteiger partial charge on any atom is -0.494 e. The van der Waals surface area contributed by atoms with Crippen LogP contribution in [0.4, 0.5) is 11.4 Å². The normalized spacial score (nSPS) is 15.7. The van der Waals surface area contributed by atoms with Gasteiger partial charge in [-0.3, -0.25) is 19.8 Å². The molecule has 126 valence electrons. The summed E-state index contributed by atoms with van der Waals surface area (Å²) in [5, 5.41) is 17.1. The minimum atomic E-state index is -0.520. The molecular weight excluding hydrogens is 300 g/mol. The molecule has 2 N–H and O–H groups in total. The Hall–Kier alpha value is -2.19. The van der Waals surface area contributed by atoms with Gasteiger partial charge in [-0.2, -0.15) is 0 Å². The third-order valence-corrected chi connectivity index (χ3v) is 3.55. The van der Waals surface area contributed by atoms with Crippen molar-refractivity contribution in [1.29, 1.82) is 0 Å². The molecule has 23 heavy (non-hydrogen) atoms. The summed E-state index contributed by atoms with van der Waals surface area (Å²) in [5.41, 5.74) is 0.0261. The fourth-order valence-corrected chi connectivity index (χ4v) is 2.48. The average molecular weight is 322 g/mol. The quantitative estimate of drug-likeness (QED) is 0.604. The summed E-state index contributed by atoms with van der Waals surface area (Å²) in [5.74, 6) is 0.162. The molecule has 0 atom stereocenters. The van der Waals surface area contributed by atoms with Gasteiger partial charge in [0.15, 0.2) is 0 Å². The van der Waals surface area contributed by atoms with E-state index in [2.05, 4.69) is 10.6 Å². The van der Waals surface area contributed by atoms with Gasteiger partial charge in [0.2, 0.25) is 5.91 Å². The molecule has 0 aliphatic carbocycles. The van der Waals surface area contributed by atoms with Gasteiger partial charge in [-0.05, 0) is 38.6 Å². The van der Waals surface area contributed by atoms with Crippen LogP contribution in [0, 0.1) is 10.1 Å². The number of anilines is 1. The highest BCUT2D eigenvalue weighted by atomic mass is 16.6. The predicted molar refractivity (Wildman–Crippen MR) is 86.8 cm³/mol. The summed E-state index contributed by atoms with van der Waals surface area (Å²) in [6.45, 7) is 5.87. The molecule has 0 aromatic heterocycles. The molecule has 1 fully saturated rings. The van der Waals surface area contributed by atoms with Crippen molar-refractivity contribution in [3.63, 3.8) is 0 Å². The second-order valence-electron chi connectivity index (χ2n) is 5.30. The van der Waals surface area contributed by atoms with Crippen molar-refractivity contribution < 1.29 is 14.5 Å². The summed E-state index contributed by atoms with van der Waals surface area (Å²) in [7, 11) is 0. The average Bonchev–Trinajstić information content (AvgIpc) is 2.77. The molecule has 0 spiro atoms. The van der Waals surface area contributed by atoms with E-state index < -0.39 is 4.92 Å². The molecule has 1 aromatic carbocycles. The monoisotopic (exact) mass is 322 g/mol. The number of carbonyl (C=O) groups is 1. The maximum atomic E-state index is 12.2. The van der Waals surface area contributed by atoms with Crippen molar-refractivity contribution in [3.8, 4) is 5.75 Å². The molecule has 1 aliphatic heterocycles. The van der Waals surface area contributed by atoms with E-state index in [-0.39, 0.29) is 23.8 Å². The first-order valence-electron chi connectivity index (χ1n) is 7.74. The molecule has 0 unspecified atom stereocenters. The van der Waals surface area contributed by atoms with Crippen LogP contribution in [0.25, 0.3) is 0 Å². The predicted octanol–water partition coefficient (Wildman–Crippen LogP) is 1.23. The van der Waals surface area contributed by atoms with Gasteiger partial charge >= 0.3 is 0 Å². The fourth-order valence-electron chi connectivity index (χ4n) is 2.48. The molecule has 1 heterocycles. The number of hydrogen-bond donors (Lipinski definition) is 2. The van der Waals surface area contributed by atoms with E-state index in [4.69, 9.17) is 4.74 Å². The van der Waals surface area contributed by atoms with Crippen molar-refractivity contribution >= 4 is 17.3 Å². The van der Waals surface area contributed by atoms with Crippen molar-refractivity contribution in [3.05, 3.63) is 28.3 Å². The van der Waals surface area contributed by atoms with Crippen LogP contribution in [0.5, 0.6) is 5.75 Å². The number of nitrogens with zero attached hydrogens (tertiary/aromatic N) is 2. The number of carbonyl (C=O) groups excluding carboxylic acids is 1. The van der Waals surface area contributed by atoms with E-state index in [1.54, 1.807) is 13.0 Å². The number of rotatable bonds is 6. The third kappa shape index (κ3) is 5.19. The number of nitro groups is 1. The maximum Gasteiger partial charge on any atom is 0.296 e. The summed E-state index contributed by atoms with van der Waals surface area (Å²) in [6.07, 6.45) is 0.983. The number of benzene rings is 1. The highest BCUT2D eigenvalue weighted by Gasteiger charge is 2.19. The fraction of sp³-hybridized carbons (Fsp3) is 0.533. The Morgan fingerprint density at radius 2 is 2.26 bits per heavy atom. The number of nitro benzene ring substituents is 1. The number of hydrogen-bond acceptors (Lipinski definition) is 6. The highest BCUT2D eigenvalue weighted by Crippen LogP contribution is 2.29. The Kier molecular flexibility index (Phi) is 6.30. The molecule has 0 bridgehead atoms. The topological polar surface area (TPSA) is 96.7 Å². The molecule has 1 saturated heterocycles. The first-order chi connectivity index (χ1) is 11.1. The lowest BCUT2D eigenvalue weighted by molar-refractivity contribution is -0.384. The van der Waals surface area contributed by atoms with E-state index in [9.17, 15) is 14.9 Å². The lowest BCUT2D eigenvalue weighted by Gasteiger charge is -2.18. The van der Waals surface area contributed by atoms with Gasteiger partial charge in [0.1, 0.15) is 11.4 Å². The summed E-state index contributed by atoms with van der Waals surface area (Å²) in [6, 6.07) is 4.45. The molecule has 2 rings (SSSR count). The van der Waals surface area contributed by atoms with Crippen LogP contribution in [0.2, 0.25) is 0 Å². The molecule has 8 nitrogen and oxygen atoms in total. The zero-order valence-electron chi connectivity index (χ0n) is 13.2. The van der Waals surface area contributed by atoms with Crippen LogP contribution in [0.15, 0.2) is 18.2 Å². The standard InChI is InChI=1S/C15H22N4O4/c1-2-23-12-4-5-13(14(10-12)19(21)22)17-15(20)11-18-8-3-6-16-7-9-18/h4-5,10,16H,2-3,6-9,11H2,1H3,(H,17,20). The molecule has 8 heteroatoms. The Morgan fingerprint density at radius 3 is 3.00 bits per heavy atom. The van der Waals surface area contributed by atoms with Gasteiger partial charge < -0.3 is 15.4 Å². The molecular formula is C15H22N4O4. The molecule has 1 amide bonds. The summed E-state index contributed by atoms with van der Waals surface area (Å²) < 4.78 is 5.26. The van der Waals surface area contributed by atoms with E-state index in [0.717, 1.165) is 32.6 Å². The zero-order valence-corrected chi connectivity index (χ0v) is 13.2. The maximum absolute atomic E-state index is 12.2. The van der Waals surface area contributed by atoms with E-state index in [1.807, 2.05) is 4.90 Å². The van der Waals surface area contributed by atoms with Gasteiger partial charge in [-0.25, -0.2) is 0 Å². The van der Waals surface area contributed by atoms with Crippen molar-refractivity contribution in [2.24, 2.45) is 0 Å². The van der Waals surface area contributed by atoms with Crippen LogP contribution in [-0.4, -0.2) is 55.1 Å². The Balaban J connectivity index is 2.02. The van der Waals surface area contributed by atoms with Crippen LogP contribution >= 0.6 is 0 Å². The Labute approximate surface area is 134 Å². The number of amides is 1. The number of ether oxygens (including phenoxy) is 1. The Morgan fingerprint density at radius 1 is 1.43 bits per heavy atom.